The molecule has 1 N–H and O–H groups in total. The average molecular weight is 473 g/mol. The summed E-state index contributed by atoms with van der Waals surface area (Å²) in [5, 5.41) is 12.7. The van der Waals surface area contributed by atoms with Crippen LogP contribution in [0.2, 0.25) is 5.02 Å². The number of nitrogens with one attached hydrogen (secondary N) is 1. The van der Waals surface area contributed by atoms with E-state index in [1.165, 1.54) is 19.0 Å². The van der Waals surface area contributed by atoms with Crippen LogP contribution in [0.3, 0.4) is 0 Å². The molecular weight excluding hydrogens is 448 g/mol. The molecule has 0 aliphatic heterocycles. The Balaban J connectivity index is 1.52. The molecule has 34 heavy (non-hydrogen) atoms. The number of benzene rings is 2. The van der Waals surface area contributed by atoms with Gasteiger partial charge in [0.25, 0.3) is 0 Å². The Kier molecular flexibility index (Phi) is 7.79. The lowest BCUT2D eigenvalue weighted by atomic mass is 10.1. The molecule has 1 heterocycles. The third-order valence-corrected chi connectivity index (χ3v) is 5.74. The highest BCUT2D eigenvalue weighted by molar-refractivity contribution is 6.31. The van der Waals surface area contributed by atoms with E-state index in [1.54, 1.807) is 37.6 Å². The van der Waals surface area contributed by atoms with E-state index in [0.717, 1.165) is 29.9 Å². The van der Waals surface area contributed by atoms with Crippen molar-refractivity contribution in [3.8, 4) is 17.6 Å². The molecule has 7 heteroatoms. The van der Waals surface area contributed by atoms with E-state index < -0.39 is 0 Å². The van der Waals surface area contributed by atoms with Crippen molar-refractivity contribution in [3.05, 3.63) is 77.0 Å². The van der Waals surface area contributed by atoms with Gasteiger partial charge in [-0.05, 0) is 74.2 Å². The van der Waals surface area contributed by atoms with Crippen LogP contribution in [0.15, 0.2) is 65.8 Å². The molecule has 0 saturated heterocycles. The maximum absolute atomic E-state index is 8.95. The van der Waals surface area contributed by atoms with Gasteiger partial charge >= 0.3 is 0 Å². The number of hydrogen-bond donors (Lipinski definition) is 1. The lowest BCUT2D eigenvalue weighted by Crippen LogP contribution is -2.12. The van der Waals surface area contributed by atoms with Crippen LogP contribution in [-0.4, -0.2) is 24.4 Å². The van der Waals surface area contributed by atoms with Crippen molar-refractivity contribution < 1.29 is 9.47 Å². The summed E-state index contributed by atoms with van der Waals surface area (Å²) in [4.78, 5) is 8.83. The predicted octanol–water partition coefficient (Wildman–Crippen LogP) is 7.10. The van der Waals surface area contributed by atoms with E-state index in [9.17, 15) is 0 Å². The number of allylic oxidation sites excluding steroid dienone is 1. The van der Waals surface area contributed by atoms with Crippen molar-refractivity contribution in [3.63, 3.8) is 0 Å². The van der Waals surface area contributed by atoms with Crippen molar-refractivity contribution in [1.82, 2.24) is 4.98 Å². The van der Waals surface area contributed by atoms with Gasteiger partial charge in [-0.1, -0.05) is 23.7 Å². The van der Waals surface area contributed by atoms with Crippen LogP contribution in [-0.2, 0) is 0 Å². The van der Waals surface area contributed by atoms with Crippen LogP contribution in [0.5, 0.6) is 11.5 Å². The summed E-state index contributed by atoms with van der Waals surface area (Å²) in [5.74, 6) is 2.09. The van der Waals surface area contributed by atoms with E-state index in [0.29, 0.717) is 27.8 Å². The van der Waals surface area contributed by atoms with Crippen molar-refractivity contribution in [2.45, 2.75) is 31.8 Å². The number of anilines is 2. The number of rotatable bonds is 8. The second-order valence-corrected chi connectivity index (χ2v) is 8.31. The first-order valence-corrected chi connectivity index (χ1v) is 11.5. The molecule has 1 aromatic heterocycles. The van der Waals surface area contributed by atoms with E-state index >= 15 is 0 Å². The van der Waals surface area contributed by atoms with Gasteiger partial charge < -0.3 is 14.8 Å². The topological polar surface area (TPSA) is 79.5 Å². The Morgan fingerprint density at radius 1 is 1.18 bits per heavy atom. The third kappa shape index (κ3) is 5.94. The zero-order valence-corrected chi connectivity index (χ0v) is 19.6. The quantitative estimate of drug-likeness (QED) is 0.354. The Hall–Kier alpha value is -3.82. The molecule has 0 amide bonds. The fourth-order valence-corrected chi connectivity index (χ4v) is 3.96. The predicted molar refractivity (Wildman–Crippen MR) is 137 cm³/mol. The number of hydrogen-bond acceptors (Lipinski definition) is 6. The molecule has 3 aromatic rings. The molecule has 1 aliphatic rings. The Morgan fingerprint density at radius 2 is 2.03 bits per heavy atom. The number of halogens is 1. The maximum atomic E-state index is 8.95. The molecule has 2 aromatic carbocycles. The lowest BCUT2D eigenvalue weighted by Gasteiger charge is -2.17. The second kappa shape index (κ2) is 11.4. The van der Waals surface area contributed by atoms with E-state index in [1.807, 2.05) is 36.4 Å². The average Bonchev–Trinajstić information content (AvgIpc) is 3.37. The number of aromatic nitrogens is 1. The summed E-state index contributed by atoms with van der Waals surface area (Å²) in [5.41, 5.74) is 2.84. The van der Waals surface area contributed by atoms with Crippen LogP contribution in [0, 0.1) is 11.3 Å². The summed E-state index contributed by atoms with van der Waals surface area (Å²) >= 11 is 6.19. The van der Waals surface area contributed by atoms with Gasteiger partial charge in [0.05, 0.1) is 30.2 Å². The zero-order valence-electron chi connectivity index (χ0n) is 18.9. The Bertz CT molecular complexity index is 1230. The molecule has 4 rings (SSSR count). The minimum Gasteiger partial charge on any atom is -0.493 e. The number of para-hydroxylation sites is 1. The standard InChI is InChI=1S/C27H25ClN4O2/c1-33-25-10-4-6-20(27(25)34-22-8-2-3-9-22)7-5-15-30-23-13-12-21(28)16-24(23)32-26-14-11-19(17-29)18-31-26/h4-7,10-16,18,22H,2-3,8-9H2,1H3,(H,31,32). The molecule has 6 nitrogen and oxygen atoms in total. The molecule has 0 bridgehead atoms. The van der Waals surface area contributed by atoms with E-state index in [4.69, 9.17) is 26.3 Å². The summed E-state index contributed by atoms with van der Waals surface area (Å²) < 4.78 is 11.8. The Labute approximate surface area is 204 Å². The normalized spacial score (nSPS) is 13.9. The van der Waals surface area contributed by atoms with Crippen LogP contribution >= 0.6 is 11.6 Å². The molecule has 1 aliphatic carbocycles. The molecule has 0 atom stereocenters. The minimum absolute atomic E-state index is 0.232. The van der Waals surface area contributed by atoms with Gasteiger partial charge in [0, 0.05) is 23.0 Å². The second-order valence-electron chi connectivity index (χ2n) is 7.87. The molecule has 0 spiro atoms. The molecular formula is C27H25ClN4O2. The maximum Gasteiger partial charge on any atom is 0.168 e. The SMILES string of the molecule is COc1cccc(C=CC=Nc2ccc(Cl)cc2Nc2ccc(C#N)cn2)c1OC1CCCC1. The number of nitrogens with zero attached hydrogens (tertiary/aromatic N) is 3. The van der Waals surface area contributed by atoms with Gasteiger partial charge in [-0.2, -0.15) is 5.26 Å². The van der Waals surface area contributed by atoms with Gasteiger partial charge in [0.2, 0.25) is 0 Å². The van der Waals surface area contributed by atoms with E-state index in [2.05, 4.69) is 21.4 Å². The number of nitriles is 1. The first kappa shape index (κ1) is 23.3. The highest BCUT2D eigenvalue weighted by Gasteiger charge is 2.19. The van der Waals surface area contributed by atoms with Gasteiger partial charge in [0.15, 0.2) is 11.5 Å². The van der Waals surface area contributed by atoms with Gasteiger partial charge in [-0.25, -0.2) is 4.98 Å². The van der Waals surface area contributed by atoms with Crippen molar-refractivity contribution >= 4 is 41.1 Å². The van der Waals surface area contributed by atoms with Crippen LogP contribution < -0.4 is 14.8 Å². The number of ether oxygens (including phenoxy) is 2. The largest absolute Gasteiger partial charge is 0.493 e. The summed E-state index contributed by atoms with van der Waals surface area (Å²) in [6.45, 7) is 0. The van der Waals surface area contributed by atoms with Gasteiger partial charge in [-0.15, -0.1) is 0 Å². The fraction of sp³-hybridized carbons (Fsp3) is 0.222. The zero-order chi connectivity index (χ0) is 23.8. The first-order valence-electron chi connectivity index (χ1n) is 11.1. The summed E-state index contributed by atoms with van der Waals surface area (Å²) in [7, 11) is 1.66. The summed E-state index contributed by atoms with van der Waals surface area (Å²) in [6.07, 6.45) is 11.8. The third-order valence-electron chi connectivity index (χ3n) is 5.51. The van der Waals surface area contributed by atoms with E-state index in [-0.39, 0.29) is 6.10 Å². The van der Waals surface area contributed by atoms with Gasteiger partial charge in [-0.3, -0.25) is 4.99 Å². The van der Waals surface area contributed by atoms with Crippen molar-refractivity contribution in [1.29, 1.82) is 5.26 Å². The first-order chi connectivity index (χ1) is 16.7. The molecule has 0 unspecified atom stereocenters. The smallest absolute Gasteiger partial charge is 0.168 e. The van der Waals surface area contributed by atoms with Gasteiger partial charge in [0.1, 0.15) is 11.9 Å². The number of aliphatic imine (C=N–C) groups is 1. The number of pyridine rings is 1. The van der Waals surface area contributed by atoms with Crippen LogP contribution in [0.1, 0.15) is 36.8 Å². The highest BCUT2D eigenvalue weighted by atomic mass is 35.5. The Morgan fingerprint density at radius 3 is 2.76 bits per heavy atom. The molecule has 1 fully saturated rings. The monoisotopic (exact) mass is 472 g/mol. The highest BCUT2D eigenvalue weighted by Crippen LogP contribution is 2.35. The molecule has 172 valence electrons. The molecule has 0 radical (unpaired) electrons. The number of methoxy groups -OCH3 is 1. The fourth-order valence-electron chi connectivity index (χ4n) is 3.79. The lowest BCUT2D eigenvalue weighted by molar-refractivity contribution is 0.200. The van der Waals surface area contributed by atoms with Crippen molar-refractivity contribution in [2.24, 2.45) is 4.99 Å². The minimum atomic E-state index is 0.232. The molecule has 1 saturated carbocycles. The van der Waals surface area contributed by atoms with Crippen LogP contribution in [0.4, 0.5) is 17.2 Å². The van der Waals surface area contributed by atoms with Crippen LogP contribution in [0.25, 0.3) is 6.08 Å². The van der Waals surface area contributed by atoms with Crippen molar-refractivity contribution in [2.75, 3.05) is 12.4 Å². The summed E-state index contributed by atoms with van der Waals surface area (Å²) in [6, 6.07) is 16.8.